The van der Waals surface area contributed by atoms with E-state index in [0.29, 0.717) is 0 Å². The van der Waals surface area contributed by atoms with Crippen LogP contribution in [-0.2, 0) is 24.8 Å². The summed E-state index contributed by atoms with van der Waals surface area (Å²) in [6.45, 7) is 2.93. The van der Waals surface area contributed by atoms with E-state index in [2.05, 4.69) is 10.0 Å². The third-order valence-corrected chi connectivity index (χ3v) is 8.37. The van der Waals surface area contributed by atoms with Crippen LogP contribution >= 0.6 is 23.2 Å². The highest BCUT2D eigenvalue weighted by Crippen LogP contribution is 2.27. The average molecular weight is 508 g/mol. The molecule has 0 saturated carbocycles. The fourth-order valence-corrected chi connectivity index (χ4v) is 5.76. The van der Waals surface area contributed by atoms with Gasteiger partial charge in [0.2, 0.25) is 26.0 Å². The Bertz CT molecular complexity index is 1140. The van der Waals surface area contributed by atoms with Crippen molar-refractivity contribution in [1.82, 2.24) is 14.3 Å². The van der Waals surface area contributed by atoms with Gasteiger partial charge >= 0.3 is 0 Å². The molecule has 2 aromatic carbocycles. The Labute approximate surface area is 192 Å². The van der Waals surface area contributed by atoms with E-state index in [1.54, 1.807) is 19.1 Å². The number of carbonyl (C=O) groups is 1. The van der Waals surface area contributed by atoms with E-state index in [0.717, 1.165) is 9.87 Å². The van der Waals surface area contributed by atoms with Crippen molar-refractivity contribution in [1.29, 1.82) is 0 Å². The molecule has 0 heterocycles. The summed E-state index contributed by atoms with van der Waals surface area (Å²) in [6.07, 6.45) is 0. The maximum Gasteiger partial charge on any atom is 0.245 e. The lowest BCUT2D eigenvalue weighted by Crippen LogP contribution is -2.42. The normalized spacial score (nSPS) is 12.2. The van der Waals surface area contributed by atoms with Crippen molar-refractivity contribution in [2.45, 2.75) is 23.6 Å². The minimum absolute atomic E-state index is 0.00577. The molecule has 0 radical (unpaired) electrons. The maximum atomic E-state index is 12.8. The Kier molecular flexibility index (Phi) is 8.87. The quantitative estimate of drug-likeness (QED) is 0.479. The molecule has 31 heavy (non-hydrogen) atoms. The molecule has 0 aliphatic carbocycles. The van der Waals surface area contributed by atoms with Crippen LogP contribution in [0, 0.1) is 6.92 Å². The van der Waals surface area contributed by atoms with Gasteiger partial charge in [-0.15, -0.1) is 0 Å². The zero-order chi connectivity index (χ0) is 23.2. The maximum absolute atomic E-state index is 12.8. The van der Waals surface area contributed by atoms with Crippen LogP contribution in [-0.4, -0.2) is 53.2 Å². The van der Waals surface area contributed by atoms with E-state index in [4.69, 9.17) is 23.2 Å². The van der Waals surface area contributed by atoms with E-state index in [1.165, 1.54) is 30.3 Å². The van der Waals surface area contributed by atoms with Gasteiger partial charge in [-0.05, 0) is 37.3 Å². The molecular weight excluding hydrogens is 485 g/mol. The zero-order valence-corrected chi connectivity index (χ0v) is 20.1. The number of likely N-dealkylation sites (N-methyl/N-ethyl adjacent to an activating group) is 1. The van der Waals surface area contributed by atoms with E-state index >= 15 is 0 Å². The molecule has 8 nitrogen and oxygen atoms in total. The van der Waals surface area contributed by atoms with Crippen molar-refractivity contribution >= 4 is 49.2 Å². The fraction of sp³-hybridized carbons (Fsp3) is 0.316. The molecule has 0 unspecified atom stereocenters. The van der Waals surface area contributed by atoms with Crippen LogP contribution < -0.4 is 10.0 Å². The van der Waals surface area contributed by atoms with Crippen molar-refractivity contribution in [3.05, 3.63) is 58.1 Å². The molecule has 0 aliphatic rings. The molecule has 0 aromatic heterocycles. The summed E-state index contributed by atoms with van der Waals surface area (Å²) in [5.74, 6) is -0.585. The number of nitrogens with zero attached hydrogens (tertiary/aromatic N) is 1. The van der Waals surface area contributed by atoms with Gasteiger partial charge in [0.05, 0.1) is 16.5 Å². The molecule has 2 aromatic rings. The van der Waals surface area contributed by atoms with Gasteiger partial charge in [-0.3, -0.25) is 4.79 Å². The van der Waals surface area contributed by atoms with Gasteiger partial charge in [0.15, 0.2) is 0 Å². The molecule has 0 fully saturated rings. The average Bonchev–Trinajstić information content (AvgIpc) is 2.71. The summed E-state index contributed by atoms with van der Waals surface area (Å²) in [5, 5.41) is 2.69. The molecular formula is C19H23Cl2N3O5S2. The predicted octanol–water partition coefficient (Wildman–Crippen LogP) is 2.41. The SMILES string of the molecule is CCN(CC(=O)NCCNS(=O)(=O)c1ccc(C)cc1)S(=O)(=O)c1cc(Cl)ccc1Cl. The van der Waals surface area contributed by atoms with Crippen molar-refractivity contribution in [3.63, 3.8) is 0 Å². The third kappa shape index (κ3) is 6.90. The molecule has 170 valence electrons. The first-order valence-electron chi connectivity index (χ1n) is 9.25. The lowest BCUT2D eigenvalue weighted by Gasteiger charge is -2.21. The number of benzene rings is 2. The van der Waals surface area contributed by atoms with Crippen molar-refractivity contribution < 1.29 is 21.6 Å². The Morgan fingerprint density at radius 3 is 2.26 bits per heavy atom. The van der Waals surface area contributed by atoms with Crippen molar-refractivity contribution in [3.8, 4) is 0 Å². The molecule has 2 rings (SSSR count). The van der Waals surface area contributed by atoms with Gasteiger partial charge in [-0.25, -0.2) is 21.6 Å². The van der Waals surface area contributed by atoms with Crippen molar-refractivity contribution in [2.24, 2.45) is 0 Å². The van der Waals surface area contributed by atoms with E-state index in [1.807, 2.05) is 6.92 Å². The number of amides is 1. The first-order chi connectivity index (χ1) is 14.5. The Balaban J connectivity index is 1.93. The van der Waals surface area contributed by atoms with Crippen LogP contribution in [0.25, 0.3) is 0 Å². The van der Waals surface area contributed by atoms with Crippen LogP contribution in [0.2, 0.25) is 10.0 Å². The lowest BCUT2D eigenvalue weighted by atomic mass is 10.2. The smallest absolute Gasteiger partial charge is 0.245 e. The van der Waals surface area contributed by atoms with Gasteiger partial charge < -0.3 is 5.32 Å². The highest BCUT2D eigenvalue weighted by molar-refractivity contribution is 7.89. The summed E-state index contributed by atoms with van der Waals surface area (Å²) < 4.78 is 53.4. The van der Waals surface area contributed by atoms with Crippen LogP contribution in [0.4, 0.5) is 0 Å². The largest absolute Gasteiger partial charge is 0.354 e. The minimum Gasteiger partial charge on any atom is -0.354 e. The summed E-state index contributed by atoms with van der Waals surface area (Å²) in [6, 6.07) is 10.4. The number of aryl methyl sites for hydroxylation is 1. The number of halogens is 2. The van der Waals surface area contributed by atoms with E-state index in [9.17, 15) is 21.6 Å². The molecule has 0 atom stereocenters. The first kappa shape index (κ1) is 25.6. The first-order valence-corrected chi connectivity index (χ1v) is 12.9. The Morgan fingerprint density at radius 1 is 1.00 bits per heavy atom. The second-order valence-corrected chi connectivity index (χ2v) is 11.1. The van der Waals surface area contributed by atoms with Crippen molar-refractivity contribution in [2.75, 3.05) is 26.2 Å². The number of sulfonamides is 2. The summed E-state index contributed by atoms with van der Waals surface area (Å²) >= 11 is 11.9. The number of rotatable bonds is 10. The molecule has 0 spiro atoms. The second kappa shape index (κ2) is 10.8. The standard InChI is InChI=1S/C19H23Cl2N3O5S2/c1-3-24(31(28,29)18-12-15(20)6-9-17(18)21)13-19(25)22-10-11-23-30(26,27)16-7-4-14(2)5-8-16/h4-9,12,23H,3,10-11,13H2,1-2H3,(H,22,25). The van der Waals surface area contributed by atoms with E-state index in [-0.39, 0.29) is 39.5 Å². The predicted molar refractivity (Wildman–Crippen MR) is 120 cm³/mol. The molecule has 0 bridgehead atoms. The molecule has 0 saturated heterocycles. The summed E-state index contributed by atoms with van der Waals surface area (Å²) in [7, 11) is -7.75. The highest BCUT2D eigenvalue weighted by atomic mass is 35.5. The monoisotopic (exact) mass is 507 g/mol. The summed E-state index contributed by atoms with van der Waals surface area (Å²) in [5.41, 5.74) is 0.931. The molecule has 1 amide bonds. The van der Waals surface area contributed by atoms with Gasteiger partial charge in [-0.1, -0.05) is 47.8 Å². The highest BCUT2D eigenvalue weighted by Gasteiger charge is 2.27. The minimum atomic E-state index is -4.05. The van der Waals surface area contributed by atoms with E-state index < -0.39 is 32.5 Å². The van der Waals surface area contributed by atoms with Crippen LogP contribution in [0.3, 0.4) is 0 Å². The van der Waals surface area contributed by atoms with Gasteiger partial charge in [0, 0.05) is 24.7 Å². The summed E-state index contributed by atoms with van der Waals surface area (Å²) in [4.78, 5) is 12.1. The lowest BCUT2D eigenvalue weighted by molar-refractivity contribution is -0.121. The third-order valence-electron chi connectivity index (χ3n) is 4.25. The number of hydrogen-bond acceptors (Lipinski definition) is 5. The second-order valence-electron chi connectivity index (χ2n) is 6.57. The van der Waals surface area contributed by atoms with Gasteiger partial charge in [0.25, 0.3) is 0 Å². The topological polar surface area (TPSA) is 113 Å². The van der Waals surface area contributed by atoms with Crippen LogP contribution in [0.5, 0.6) is 0 Å². The molecule has 0 aliphatic heterocycles. The fourth-order valence-electron chi connectivity index (χ4n) is 2.58. The number of carbonyl (C=O) groups excluding carboxylic acids is 1. The van der Waals surface area contributed by atoms with Crippen LogP contribution in [0.15, 0.2) is 52.3 Å². The van der Waals surface area contributed by atoms with Gasteiger partial charge in [0.1, 0.15) is 4.90 Å². The Hall–Kier alpha value is -1.69. The molecule has 2 N–H and O–H groups in total. The Morgan fingerprint density at radius 2 is 1.65 bits per heavy atom. The van der Waals surface area contributed by atoms with Crippen LogP contribution in [0.1, 0.15) is 12.5 Å². The zero-order valence-electron chi connectivity index (χ0n) is 16.9. The number of nitrogens with one attached hydrogen (secondary N) is 2. The van der Waals surface area contributed by atoms with Gasteiger partial charge in [-0.2, -0.15) is 4.31 Å². The number of hydrogen-bond donors (Lipinski definition) is 2. The molecule has 12 heteroatoms.